The quantitative estimate of drug-likeness (QED) is 0.321. The normalized spacial score (nSPS) is 10.9. The van der Waals surface area contributed by atoms with Gasteiger partial charge in [-0.1, -0.05) is 23.2 Å². The number of carbonyl (C=O) groups is 1. The molecule has 2 aromatic heterocycles. The molecule has 1 amide bonds. The van der Waals surface area contributed by atoms with Crippen LogP contribution in [0.25, 0.3) is 17.4 Å². The van der Waals surface area contributed by atoms with E-state index in [4.69, 9.17) is 39.8 Å². The van der Waals surface area contributed by atoms with Gasteiger partial charge in [0.15, 0.2) is 5.11 Å². The minimum atomic E-state index is -0.404. The number of benzene rings is 1. The standard InChI is InChI=1S/C20H14BrCl2N3O2S/c1-11-15(21)6-8-18(24-11)25-20(29)26-19(27)9-4-13-3-7-17(28-13)14-5-2-12(22)10-16(14)23/h2-10H,1H3,(H2,24,25,26,27,29)/b9-4+. The van der Waals surface area contributed by atoms with Crippen molar-refractivity contribution in [2.45, 2.75) is 6.92 Å². The van der Waals surface area contributed by atoms with Crippen LogP contribution in [-0.2, 0) is 4.79 Å². The first kappa shape index (κ1) is 21.5. The van der Waals surface area contributed by atoms with E-state index in [1.165, 1.54) is 12.2 Å². The molecule has 2 N–H and O–H groups in total. The summed E-state index contributed by atoms with van der Waals surface area (Å²) in [7, 11) is 0. The Labute approximate surface area is 191 Å². The van der Waals surface area contributed by atoms with Crippen molar-refractivity contribution in [3.63, 3.8) is 0 Å². The Morgan fingerprint density at radius 3 is 2.72 bits per heavy atom. The predicted octanol–water partition coefficient (Wildman–Crippen LogP) is 6.25. The van der Waals surface area contributed by atoms with Gasteiger partial charge in [-0.25, -0.2) is 4.98 Å². The molecule has 9 heteroatoms. The Morgan fingerprint density at radius 1 is 1.21 bits per heavy atom. The van der Waals surface area contributed by atoms with Gasteiger partial charge in [-0.2, -0.15) is 0 Å². The van der Waals surface area contributed by atoms with Gasteiger partial charge in [-0.15, -0.1) is 0 Å². The molecule has 0 saturated carbocycles. The molecule has 5 nitrogen and oxygen atoms in total. The fourth-order valence-corrected chi connectivity index (χ4v) is 3.28. The van der Waals surface area contributed by atoms with Crippen molar-refractivity contribution >= 4 is 74.3 Å². The second kappa shape index (κ2) is 9.54. The zero-order valence-corrected chi connectivity index (χ0v) is 18.9. The molecular formula is C20H14BrCl2N3O2S. The van der Waals surface area contributed by atoms with Gasteiger partial charge in [-0.3, -0.25) is 10.1 Å². The number of hydrogen-bond acceptors (Lipinski definition) is 4. The molecule has 0 aliphatic heterocycles. The highest BCUT2D eigenvalue weighted by atomic mass is 79.9. The number of aryl methyl sites for hydroxylation is 1. The van der Waals surface area contributed by atoms with Gasteiger partial charge < -0.3 is 9.73 Å². The molecule has 2 heterocycles. The van der Waals surface area contributed by atoms with Crippen LogP contribution in [0.1, 0.15) is 11.5 Å². The number of anilines is 1. The minimum absolute atomic E-state index is 0.141. The van der Waals surface area contributed by atoms with Crippen molar-refractivity contribution in [1.29, 1.82) is 0 Å². The summed E-state index contributed by atoms with van der Waals surface area (Å²) in [5.41, 5.74) is 1.52. The van der Waals surface area contributed by atoms with E-state index in [-0.39, 0.29) is 5.11 Å². The molecule has 0 saturated heterocycles. The number of nitrogens with zero attached hydrogens (tertiary/aromatic N) is 1. The lowest BCUT2D eigenvalue weighted by molar-refractivity contribution is -0.115. The third kappa shape index (κ3) is 5.90. The van der Waals surface area contributed by atoms with Crippen LogP contribution in [0.3, 0.4) is 0 Å². The average Bonchev–Trinajstić information content (AvgIpc) is 3.11. The summed E-state index contributed by atoms with van der Waals surface area (Å²) in [4.78, 5) is 16.4. The lowest BCUT2D eigenvalue weighted by atomic mass is 10.2. The summed E-state index contributed by atoms with van der Waals surface area (Å²) in [5, 5.41) is 6.57. The van der Waals surface area contributed by atoms with Crippen molar-refractivity contribution in [2.75, 3.05) is 5.32 Å². The van der Waals surface area contributed by atoms with E-state index < -0.39 is 5.91 Å². The molecule has 0 spiro atoms. The van der Waals surface area contributed by atoms with Gasteiger partial charge in [0.25, 0.3) is 0 Å². The first-order valence-corrected chi connectivity index (χ1v) is 10.3. The Kier molecular flexibility index (Phi) is 7.08. The molecule has 0 bridgehead atoms. The van der Waals surface area contributed by atoms with Gasteiger partial charge in [0.2, 0.25) is 5.91 Å². The maximum Gasteiger partial charge on any atom is 0.250 e. The molecule has 3 aromatic rings. The average molecular weight is 511 g/mol. The Balaban J connectivity index is 1.59. The molecule has 0 atom stereocenters. The van der Waals surface area contributed by atoms with E-state index in [2.05, 4.69) is 31.5 Å². The topological polar surface area (TPSA) is 67.2 Å². The number of thiocarbonyl (C=S) groups is 1. The van der Waals surface area contributed by atoms with E-state index in [1.807, 2.05) is 13.0 Å². The molecule has 148 valence electrons. The highest BCUT2D eigenvalue weighted by molar-refractivity contribution is 9.10. The number of rotatable bonds is 4. The fraction of sp³-hybridized carbons (Fsp3) is 0.0500. The van der Waals surface area contributed by atoms with E-state index in [1.54, 1.807) is 36.4 Å². The number of nitrogens with one attached hydrogen (secondary N) is 2. The molecule has 0 aliphatic carbocycles. The smallest absolute Gasteiger partial charge is 0.250 e. The monoisotopic (exact) mass is 509 g/mol. The van der Waals surface area contributed by atoms with Crippen molar-refractivity contribution in [1.82, 2.24) is 10.3 Å². The summed E-state index contributed by atoms with van der Waals surface area (Å²) in [5.74, 6) is 1.19. The van der Waals surface area contributed by atoms with Crippen LogP contribution in [0.5, 0.6) is 0 Å². The maximum absolute atomic E-state index is 12.1. The maximum atomic E-state index is 12.1. The van der Waals surface area contributed by atoms with Gasteiger partial charge >= 0.3 is 0 Å². The van der Waals surface area contributed by atoms with Gasteiger partial charge in [-0.05, 0) is 83.6 Å². The first-order chi connectivity index (χ1) is 13.8. The molecule has 0 unspecified atom stereocenters. The van der Waals surface area contributed by atoms with Gasteiger partial charge in [0.05, 0.1) is 10.7 Å². The Morgan fingerprint density at radius 2 is 2.00 bits per heavy atom. The SMILES string of the molecule is Cc1nc(NC(=S)NC(=O)/C=C/c2ccc(-c3ccc(Cl)cc3Cl)o2)ccc1Br. The van der Waals surface area contributed by atoms with Crippen LogP contribution in [0.2, 0.25) is 10.0 Å². The summed E-state index contributed by atoms with van der Waals surface area (Å²) < 4.78 is 6.60. The van der Waals surface area contributed by atoms with Crippen molar-refractivity contribution < 1.29 is 9.21 Å². The number of halogens is 3. The van der Waals surface area contributed by atoms with Crippen molar-refractivity contribution in [2.24, 2.45) is 0 Å². The van der Waals surface area contributed by atoms with Gasteiger partial charge in [0, 0.05) is 21.1 Å². The number of pyridine rings is 1. The number of furan rings is 1. The highest BCUT2D eigenvalue weighted by Gasteiger charge is 2.09. The highest BCUT2D eigenvalue weighted by Crippen LogP contribution is 2.31. The molecule has 29 heavy (non-hydrogen) atoms. The summed E-state index contributed by atoms with van der Waals surface area (Å²) in [6, 6.07) is 12.2. The van der Waals surface area contributed by atoms with Crippen LogP contribution in [-0.4, -0.2) is 16.0 Å². The van der Waals surface area contributed by atoms with Crippen LogP contribution in [0.15, 0.2) is 57.4 Å². The van der Waals surface area contributed by atoms with E-state index in [0.717, 1.165) is 10.2 Å². The lowest BCUT2D eigenvalue weighted by Crippen LogP contribution is -2.33. The molecular weight excluding hydrogens is 497 g/mol. The third-order valence-electron chi connectivity index (χ3n) is 3.72. The number of hydrogen-bond donors (Lipinski definition) is 2. The van der Waals surface area contributed by atoms with E-state index >= 15 is 0 Å². The zero-order valence-electron chi connectivity index (χ0n) is 15.0. The summed E-state index contributed by atoms with van der Waals surface area (Å²) in [6.45, 7) is 1.86. The number of carbonyl (C=O) groups excluding carboxylic acids is 1. The van der Waals surface area contributed by atoms with Crippen molar-refractivity contribution in [3.8, 4) is 11.3 Å². The van der Waals surface area contributed by atoms with E-state index in [0.29, 0.717) is 32.9 Å². The molecule has 0 radical (unpaired) electrons. The molecule has 1 aromatic carbocycles. The summed E-state index contributed by atoms with van der Waals surface area (Å²) in [6.07, 6.45) is 2.85. The number of aromatic nitrogens is 1. The largest absolute Gasteiger partial charge is 0.457 e. The van der Waals surface area contributed by atoms with E-state index in [9.17, 15) is 4.79 Å². The first-order valence-electron chi connectivity index (χ1n) is 8.30. The second-order valence-corrected chi connectivity index (χ2v) is 7.97. The lowest BCUT2D eigenvalue weighted by Gasteiger charge is -2.08. The Bertz CT molecular complexity index is 1110. The summed E-state index contributed by atoms with van der Waals surface area (Å²) >= 11 is 20.6. The third-order valence-corrected chi connectivity index (χ3v) is 5.31. The molecule has 3 rings (SSSR count). The van der Waals surface area contributed by atoms with Crippen LogP contribution < -0.4 is 10.6 Å². The molecule has 0 aliphatic rings. The minimum Gasteiger partial charge on any atom is -0.457 e. The molecule has 0 fully saturated rings. The zero-order chi connectivity index (χ0) is 21.0. The van der Waals surface area contributed by atoms with Crippen LogP contribution in [0.4, 0.5) is 5.82 Å². The number of amides is 1. The predicted molar refractivity (Wildman–Crippen MR) is 124 cm³/mol. The van der Waals surface area contributed by atoms with Crippen LogP contribution >= 0.6 is 51.3 Å². The Hall–Kier alpha value is -2.19. The van der Waals surface area contributed by atoms with Crippen molar-refractivity contribution in [3.05, 3.63) is 74.5 Å². The van der Waals surface area contributed by atoms with Gasteiger partial charge in [0.1, 0.15) is 17.3 Å². The second-order valence-electron chi connectivity index (χ2n) is 5.87. The fourth-order valence-electron chi connectivity index (χ4n) is 2.35. The van der Waals surface area contributed by atoms with Crippen LogP contribution in [0, 0.1) is 6.92 Å².